The number of alkyl halides is 3. The van der Waals surface area contributed by atoms with E-state index in [1.165, 1.54) is 0 Å². The van der Waals surface area contributed by atoms with E-state index in [2.05, 4.69) is 26.2 Å². The van der Waals surface area contributed by atoms with Crippen molar-refractivity contribution in [2.45, 2.75) is 31.6 Å². The molecule has 1 aliphatic carbocycles. The first-order valence-electron chi connectivity index (χ1n) is 6.06. The molecule has 1 saturated carbocycles. The summed E-state index contributed by atoms with van der Waals surface area (Å²) < 4.78 is 39.9. The van der Waals surface area contributed by atoms with Crippen LogP contribution in [0, 0.1) is 0 Å². The van der Waals surface area contributed by atoms with E-state index in [1.807, 2.05) is 0 Å². The Morgan fingerprint density at radius 3 is 2.68 bits per heavy atom. The Balaban J connectivity index is 2.07. The number of hydrogen-bond donors (Lipinski definition) is 2. The second-order valence-corrected chi connectivity index (χ2v) is 5.74. The fourth-order valence-electron chi connectivity index (χ4n) is 2.19. The fraction of sp³-hybridized carbons (Fsp3) is 0.385. The molecule has 0 unspecified atom stereocenters. The molecular weight excluding hydrogens is 321 g/mol. The number of rotatable bonds is 3. The molecule has 2 N–H and O–H groups in total. The van der Waals surface area contributed by atoms with Gasteiger partial charge in [0.15, 0.2) is 0 Å². The molecule has 0 saturated heterocycles. The topological polar surface area (TPSA) is 27.8 Å². The van der Waals surface area contributed by atoms with Gasteiger partial charge in [-0.3, -0.25) is 0 Å². The maximum Gasteiger partial charge on any atom is 0.431 e. The first-order chi connectivity index (χ1) is 8.95. The molecule has 2 aromatic rings. The van der Waals surface area contributed by atoms with Crippen LogP contribution in [0.5, 0.6) is 0 Å². The predicted molar refractivity (Wildman–Crippen MR) is 70.9 cm³/mol. The van der Waals surface area contributed by atoms with Crippen molar-refractivity contribution in [1.82, 2.24) is 10.3 Å². The lowest BCUT2D eigenvalue weighted by molar-refractivity contribution is -0.141. The van der Waals surface area contributed by atoms with E-state index in [4.69, 9.17) is 0 Å². The number of fused-ring (bicyclic) bond motifs is 1. The van der Waals surface area contributed by atoms with Gasteiger partial charge in [0, 0.05) is 33.5 Å². The second kappa shape index (κ2) is 4.52. The average Bonchev–Trinajstić information content (AvgIpc) is 3.06. The van der Waals surface area contributed by atoms with Crippen LogP contribution in [0.4, 0.5) is 13.2 Å². The summed E-state index contributed by atoms with van der Waals surface area (Å²) in [4.78, 5) is 2.49. The van der Waals surface area contributed by atoms with Crippen molar-refractivity contribution in [1.29, 1.82) is 0 Å². The molecule has 1 heterocycles. The highest BCUT2D eigenvalue weighted by molar-refractivity contribution is 9.10. The molecule has 6 heteroatoms. The first-order valence-corrected chi connectivity index (χ1v) is 6.85. The molecule has 19 heavy (non-hydrogen) atoms. The van der Waals surface area contributed by atoms with Crippen LogP contribution in [-0.2, 0) is 12.7 Å². The zero-order valence-electron chi connectivity index (χ0n) is 9.94. The SMILES string of the molecule is FC(F)(F)c1[nH]c2cc(Br)ccc2c1CNC1CC1. The minimum Gasteiger partial charge on any atom is -0.351 e. The Hall–Kier alpha value is -1.01. The summed E-state index contributed by atoms with van der Waals surface area (Å²) in [7, 11) is 0. The summed E-state index contributed by atoms with van der Waals surface area (Å²) in [5.74, 6) is 0. The summed E-state index contributed by atoms with van der Waals surface area (Å²) in [5, 5.41) is 3.77. The highest BCUT2D eigenvalue weighted by atomic mass is 79.9. The van der Waals surface area contributed by atoms with Crippen molar-refractivity contribution in [2.24, 2.45) is 0 Å². The molecule has 2 nitrogen and oxygen atoms in total. The third-order valence-corrected chi connectivity index (χ3v) is 3.79. The Labute approximate surface area is 116 Å². The summed E-state index contributed by atoms with van der Waals surface area (Å²) >= 11 is 3.27. The Bertz CT molecular complexity index is 614. The van der Waals surface area contributed by atoms with Crippen molar-refractivity contribution in [3.05, 3.63) is 33.9 Å². The van der Waals surface area contributed by atoms with Gasteiger partial charge in [-0.25, -0.2) is 0 Å². The molecule has 1 aliphatic rings. The highest BCUT2D eigenvalue weighted by Gasteiger charge is 2.36. The van der Waals surface area contributed by atoms with E-state index in [-0.39, 0.29) is 6.54 Å². The van der Waals surface area contributed by atoms with Gasteiger partial charge < -0.3 is 10.3 Å². The second-order valence-electron chi connectivity index (χ2n) is 4.82. The molecular formula is C13H12BrF3N2. The van der Waals surface area contributed by atoms with Crippen LogP contribution in [-0.4, -0.2) is 11.0 Å². The van der Waals surface area contributed by atoms with Crippen LogP contribution in [0.1, 0.15) is 24.1 Å². The lowest BCUT2D eigenvalue weighted by atomic mass is 10.1. The maximum atomic E-state index is 13.1. The molecule has 0 aliphatic heterocycles. The lowest BCUT2D eigenvalue weighted by Crippen LogP contribution is -2.18. The molecule has 1 fully saturated rings. The highest BCUT2D eigenvalue weighted by Crippen LogP contribution is 2.36. The van der Waals surface area contributed by atoms with Gasteiger partial charge in [0.25, 0.3) is 0 Å². The van der Waals surface area contributed by atoms with E-state index in [1.54, 1.807) is 18.2 Å². The van der Waals surface area contributed by atoms with Gasteiger partial charge in [-0.2, -0.15) is 13.2 Å². The van der Waals surface area contributed by atoms with Crippen LogP contribution < -0.4 is 5.32 Å². The smallest absolute Gasteiger partial charge is 0.351 e. The first kappa shape index (κ1) is 13.0. The Kier molecular flexibility index (Phi) is 3.09. The van der Waals surface area contributed by atoms with Gasteiger partial charge in [0.05, 0.1) is 0 Å². The van der Waals surface area contributed by atoms with Gasteiger partial charge >= 0.3 is 6.18 Å². The predicted octanol–water partition coefficient (Wildman–Crippen LogP) is 4.20. The van der Waals surface area contributed by atoms with Crippen LogP contribution in [0.2, 0.25) is 0 Å². The normalized spacial score (nSPS) is 16.2. The van der Waals surface area contributed by atoms with Crippen molar-refractivity contribution in [3.8, 4) is 0 Å². The largest absolute Gasteiger partial charge is 0.431 e. The van der Waals surface area contributed by atoms with Gasteiger partial charge in [-0.05, 0) is 25.0 Å². The third kappa shape index (κ3) is 2.65. The third-order valence-electron chi connectivity index (χ3n) is 3.30. The minimum atomic E-state index is -4.36. The number of hydrogen-bond acceptors (Lipinski definition) is 1. The Morgan fingerprint density at radius 1 is 1.32 bits per heavy atom. The average molecular weight is 333 g/mol. The van der Waals surface area contributed by atoms with Gasteiger partial charge in [-0.15, -0.1) is 0 Å². The van der Waals surface area contributed by atoms with Crippen LogP contribution in [0.3, 0.4) is 0 Å². The lowest BCUT2D eigenvalue weighted by Gasteiger charge is -2.09. The van der Waals surface area contributed by atoms with Crippen molar-refractivity contribution in [2.75, 3.05) is 0 Å². The summed E-state index contributed by atoms with van der Waals surface area (Å²) in [6.45, 7) is 0.251. The van der Waals surface area contributed by atoms with Crippen LogP contribution >= 0.6 is 15.9 Å². The zero-order chi connectivity index (χ0) is 13.6. The molecule has 0 atom stereocenters. The van der Waals surface area contributed by atoms with Crippen LogP contribution in [0.25, 0.3) is 10.9 Å². The van der Waals surface area contributed by atoms with E-state index in [9.17, 15) is 13.2 Å². The van der Waals surface area contributed by atoms with Crippen molar-refractivity contribution in [3.63, 3.8) is 0 Å². The zero-order valence-corrected chi connectivity index (χ0v) is 11.5. The molecule has 102 valence electrons. The Morgan fingerprint density at radius 2 is 2.05 bits per heavy atom. The standard InChI is InChI=1S/C13H12BrF3N2/c14-7-1-4-9-10(6-18-8-2-3-8)12(13(15,16)17)19-11(9)5-7/h1,4-5,8,18-19H,2-3,6H2. The van der Waals surface area contributed by atoms with Gasteiger partial charge in [0.2, 0.25) is 0 Å². The molecule has 1 aromatic heterocycles. The molecule has 1 aromatic carbocycles. The summed E-state index contributed by atoms with van der Waals surface area (Å²) in [6.07, 6.45) is -2.25. The van der Waals surface area contributed by atoms with E-state index in [0.717, 1.165) is 17.3 Å². The minimum absolute atomic E-state index is 0.251. The summed E-state index contributed by atoms with van der Waals surface area (Å²) in [6, 6.07) is 5.53. The van der Waals surface area contributed by atoms with Gasteiger partial charge in [-0.1, -0.05) is 22.0 Å². The number of halogens is 4. The van der Waals surface area contributed by atoms with E-state index >= 15 is 0 Å². The number of aromatic amines is 1. The molecule has 0 bridgehead atoms. The molecule has 0 spiro atoms. The fourth-order valence-corrected chi connectivity index (χ4v) is 2.55. The van der Waals surface area contributed by atoms with Crippen LogP contribution in [0.15, 0.2) is 22.7 Å². The monoisotopic (exact) mass is 332 g/mol. The molecule has 0 amide bonds. The van der Waals surface area contributed by atoms with Crippen molar-refractivity contribution < 1.29 is 13.2 Å². The quantitative estimate of drug-likeness (QED) is 0.866. The van der Waals surface area contributed by atoms with Gasteiger partial charge in [0.1, 0.15) is 5.69 Å². The number of H-pyrrole nitrogens is 1. The van der Waals surface area contributed by atoms with E-state index < -0.39 is 11.9 Å². The number of aromatic nitrogens is 1. The van der Waals surface area contributed by atoms with Crippen molar-refractivity contribution >= 4 is 26.8 Å². The number of nitrogens with one attached hydrogen (secondary N) is 2. The number of benzene rings is 1. The summed E-state index contributed by atoms with van der Waals surface area (Å²) in [5.41, 5.74) is 0.171. The molecule has 3 rings (SSSR count). The van der Waals surface area contributed by atoms with E-state index in [0.29, 0.717) is 22.5 Å². The maximum absolute atomic E-state index is 13.1. The molecule has 0 radical (unpaired) electrons.